The van der Waals surface area contributed by atoms with Gasteiger partial charge in [0.1, 0.15) is 11.9 Å². The van der Waals surface area contributed by atoms with E-state index in [1.54, 1.807) is 43.3 Å². The van der Waals surface area contributed by atoms with Crippen LogP contribution in [0.25, 0.3) is 0 Å². The van der Waals surface area contributed by atoms with Crippen LogP contribution in [0.1, 0.15) is 37.3 Å². The Bertz CT molecular complexity index is 1230. The van der Waals surface area contributed by atoms with Crippen molar-refractivity contribution >= 4 is 21.8 Å². The van der Waals surface area contributed by atoms with Gasteiger partial charge >= 0.3 is 0 Å². The van der Waals surface area contributed by atoms with Crippen LogP contribution in [0.5, 0.6) is 0 Å². The number of halogens is 1. The summed E-state index contributed by atoms with van der Waals surface area (Å²) >= 11 is 0. The van der Waals surface area contributed by atoms with Crippen LogP contribution >= 0.6 is 0 Å². The third-order valence-electron chi connectivity index (χ3n) is 7.52. The molecule has 218 valence electrons. The number of carbonyl (C=O) groups is 2. The van der Waals surface area contributed by atoms with Gasteiger partial charge in [-0.1, -0.05) is 24.3 Å². The molecule has 2 amide bonds. The van der Waals surface area contributed by atoms with Crippen LogP contribution in [0.4, 0.5) is 4.39 Å². The number of amides is 2. The molecule has 1 N–H and O–H groups in total. The Morgan fingerprint density at radius 2 is 1.60 bits per heavy atom. The van der Waals surface area contributed by atoms with Crippen molar-refractivity contribution in [2.75, 3.05) is 52.5 Å². The fourth-order valence-electron chi connectivity index (χ4n) is 4.98. The lowest BCUT2D eigenvalue weighted by Gasteiger charge is -2.30. The van der Waals surface area contributed by atoms with Crippen molar-refractivity contribution in [3.05, 3.63) is 65.5 Å². The van der Waals surface area contributed by atoms with Gasteiger partial charge in [0.15, 0.2) is 0 Å². The van der Waals surface area contributed by atoms with Crippen molar-refractivity contribution in [3.8, 4) is 0 Å². The molecule has 9 nitrogen and oxygen atoms in total. The Morgan fingerprint density at radius 1 is 0.975 bits per heavy atom. The molecular weight excluding hydrogens is 535 g/mol. The molecule has 40 heavy (non-hydrogen) atoms. The Balaban J connectivity index is 1.37. The van der Waals surface area contributed by atoms with Crippen LogP contribution in [0, 0.1) is 5.82 Å². The molecule has 2 fully saturated rings. The summed E-state index contributed by atoms with van der Waals surface area (Å²) in [5, 5.41) is 2.94. The van der Waals surface area contributed by atoms with E-state index in [1.807, 2.05) is 0 Å². The molecule has 4 rings (SSSR count). The van der Waals surface area contributed by atoms with Gasteiger partial charge < -0.3 is 15.0 Å². The topological polar surface area (TPSA) is 99.3 Å². The standard InChI is InChI=1S/C29H39FN4O5S/c1-23(29(36)31-14-17-32-18-20-39-21-19-32)34(22-25-4-9-26(30)10-5-25)28(35)13-8-24-6-11-27(12-7-24)40(37,38)33-15-2-3-16-33/h4-7,9-12,23H,2-3,8,13-22H2,1H3,(H,31,36)/t23-/m1/s1. The molecule has 0 aromatic heterocycles. The van der Waals surface area contributed by atoms with E-state index < -0.39 is 16.1 Å². The van der Waals surface area contributed by atoms with Crippen LogP contribution < -0.4 is 5.32 Å². The number of nitrogens with one attached hydrogen (secondary N) is 1. The molecule has 1 atom stereocenters. The summed E-state index contributed by atoms with van der Waals surface area (Å²) in [6, 6.07) is 11.8. The molecular formula is C29H39FN4O5S. The van der Waals surface area contributed by atoms with Gasteiger partial charge in [-0.2, -0.15) is 4.31 Å². The molecule has 0 unspecified atom stereocenters. The lowest BCUT2D eigenvalue weighted by Crippen LogP contribution is -2.49. The predicted molar refractivity (Wildman–Crippen MR) is 149 cm³/mol. The molecule has 0 spiro atoms. The zero-order valence-corrected chi connectivity index (χ0v) is 23.9. The second kappa shape index (κ2) is 14.2. The van der Waals surface area contributed by atoms with E-state index in [0.29, 0.717) is 45.8 Å². The molecule has 2 aliphatic heterocycles. The fourth-order valence-corrected chi connectivity index (χ4v) is 6.50. The smallest absolute Gasteiger partial charge is 0.243 e. The monoisotopic (exact) mass is 574 g/mol. The van der Waals surface area contributed by atoms with Gasteiger partial charge in [0, 0.05) is 52.2 Å². The normalized spacial score (nSPS) is 17.4. The van der Waals surface area contributed by atoms with E-state index in [4.69, 9.17) is 4.74 Å². The minimum atomic E-state index is -3.50. The summed E-state index contributed by atoms with van der Waals surface area (Å²) in [5.41, 5.74) is 1.55. The fraction of sp³-hybridized carbons (Fsp3) is 0.517. The number of hydrogen-bond donors (Lipinski definition) is 1. The number of aryl methyl sites for hydroxylation is 1. The molecule has 2 aromatic carbocycles. The third-order valence-corrected chi connectivity index (χ3v) is 9.43. The van der Waals surface area contributed by atoms with Gasteiger partial charge in [0.25, 0.3) is 0 Å². The number of hydrogen-bond acceptors (Lipinski definition) is 6. The number of carbonyl (C=O) groups excluding carboxylic acids is 2. The highest BCUT2D eigenvalue weighted by molar-refractivity contribution is 7.89. The molecule has 0 saturated carbocycles. The summed E-state index contributed by atoms with van der Waals surface area (Å²) in [7, 11) is -3.50. The molecule has 0 aliphatic carbocycles. The third kappa shape index (κ3) is 8.09. The summed E-state index contributed by atoms with van der Waals surface area (Å²) < 4.78 is 45.9. The molecule has 2 aliphatic rings. The van der Waals surface area contributed by atoms with E-state index in [-0.39, 0.29) is 35.5 Å². The zero-order chi connectivity index (χ0) is 28.5. The highest BCUT2D eigenvalue weighted by atomic mass is 32.2. The van der Waals surface area contributed by atoms with Crippen LogP contribution in [-0.4, -0.2) is 92.9 Å². The average Bonchev–Trinajstić information content (AvgIpc) is 3.52. The minimum Gasteiger partial charge on any atom is -0.379 e. The van der Waals surface area contributed by atoms with Gasteiger partial charge in [-0.05, 0) is 61.6 Å². The first-order valence-corrected chi connectivity index (χ1v) is 15.4. The molecule has 2 aromatic rings. The first kappa shape index (κ1) is 30.1. The Morgan fingerprint density at radius 3 is 2.25 bits per heavy atom. The average molecular weight is 575 g/mol. The van der Waals surface area contributed by atoms with Crippen LogP contribution in [-0.2, 0) is 37.3 Å². The Labute approximate surface area is 236 Å². The van der Waals surface area contributed by atoms with Crippen molar-refractivity contribution in [1.29, 1.82) is 0 Å². The lowest BCUT2D eigenvalue weighted by molar-refractivity contribution is -0.140. The maximum atomic E-state index is 13.5. The summed E-state index contributed by atoms with van der Waals surface area (Å²) in [6.45, 7) is 7.14. The number of ether oxygens (including phenoxy) is 1. The van der Waals surface area contributed by atoms with Gasteiger partial charge in [0.05, 0.1) is 18.1 Å². The lowest BCUT2D eigenvalue weighted by atomic mass is 10.1. The van der Waals surface area contributed by atoms with Crippen molar-refractivity contribution in [2.45, 2.75) is 50.1 Å². The highest BCUT2D eigenvalue weighted by Crippen LogP contribution is 2.22. The number of sulfonamides is 1. The van der Waals surface area contributed by atoms with Gasteiger partial charge in [-0.25, -0.2) is 12.8 Å². The maximum Gasteiger partial charge on any atom is 0.243 e. The first-order valence-electron chi connectivity index (χ1n) is 13.9. The number of nitrogens with zero attached hydrogens (tertiary/aromatic N) is 3. The van der Waals surface area contributed by atoms with E-state index in [2.05, 4.69) is 10.2 Å². The van der Waals surface area contributed by atoms with E-state index >= 15 is 0 Å². The van der Waals surface area contributed by atoms with Crippen molar-refractivity contribution < 1.29 is 27.1 Å². The summed E-state index contributed by atoms with van der Waals surface area (Å²) in [4.78, 5) is 30.4. The van der Waals surface area contributed by atoms with E-state index in [0.717, 1.165) is 37.1 Å². The largest absolute Gasteiger partial charge is 0.379 e. The highest BCUT2D eigenvalue weighted by Gasteiger charge is 2.28. The first-order chi connectivity index (χ1) is 19.2. The van der Waals surface area contributed by atoms with Crippen LogP contribution in [0.3, 0.4) is 0 Å². The number of rotatable bonds is 12. The van der Waals surface area contributed by atoms with Gasteiger partial charge in [0.2, 0.25) is 21.8 Å². The second-order valence-electron chi connectivity index (χ2n) is 10.3. The van der Waals surface area contributed by atoms with E-state index in [9.17, 15) is 22.4 Å². The van der Waals surface area contributed by atoms with Crippen molar-refractivity contribution in [1.82, 2.24) is 19.4 Å². The molecule has 2 heterocycles. The SMILES string of the molecule is C[C@H](C(=O)NCCN1CCOCC1)N(Cc1ccc(F)cc1)C(=O)CCc1ccc(S(=O)(=O)N2CCCC2)cc1. The molecule has 2 saturated heterocycles. The number of benzene rings is 2. The number of morpholine rings is 1. The van der Waals surface area contributed by atoms with Gasteiger partial charge in [-0.15, -0.1) is 0 Å². The molecule has 11 heteroatoms. The van der Waals surface area contributed by atoms with E-state index in [1.165, 1.54) is 21.3 Å². The Hall–Kier alpha value is -2.86. The quantitative estimate of drug-likeness (QED) is 0.418. The summed E-state index contributed by atoms with van der Waals surface area (Å²) in [5.74, 6) is -0.833. The van der Waals surface area contributed by atoms with Gasteiger partial charge in [-0.3, -0.25) is 14.5 Å². The van der Waals surface area contributed by atoms with Crippen LogP contribution in [0.2, 0.25) is 0 Å². The van der Waals surface area contributed by atoms with Crippen molar-refractivity contribution in [3.63, 3.8) is 0 Å². The van der Waals surface area contributed by atoms with Crippen molar-refractivity contribution in [2.24, 2.45) is 0 Å². The molecule has 0 bridgehead atoms. The Kier molecular flexibility index (Phi) is 10.7. The maximum absolute atomic E-state index is 13.5. The second-order valence-corrected chi connectivity index (χ2v) is 12.3. The molecule has 0 radical (unpaired) electrons. The summed E-state index contributed by atoms with van der Waals surface area (Å²) in [6.07, 6.45) is 2.29. The minimum absolute atomic E-state index is 0.144. The predicted octanol–water partition coefficient (Wildman–Crippen LogP) is 2.41. The zero-order valence-electron chi connectivity index (χ0n) is 23.1. The van der Waals surface area contributed by atoms with Crippen LogP contribution in [0.15, 0.2) is 53.4 Å².